The molecule has 2 rings (SSSR count). The average molecular weight is 384 g/mol. The van der Waals surface area contributed by atoms with E-state index >= 15 is 0 Å². The van der Waals surface area contributed by atoms with Gasteiger partial charge in [0.25, 0.3) is 5.91 Å². The monoisotopic (exact) mass is 383 g/mol. The SMILES string of the molecule is CCO[C@]1(C(=O)Nc2ccc(O[C@H](C)COC)c(Cl)c2)CCC[C@@H](C)C1. The molecule has 1 amide bonds. The third kappa shape index (κ3) is 5.35. The van der Waals surface area contributed by atoms with Crippen molar-refractivity contribution < 1.29 is 19.0 Å². The van der Waals surface area contributed by atoms with Gasteiger partial charge in [0, 0.05) is 19.4 Å². The minimum Gasteiger partial charge on any atom is -0.487 e. The Balaban J connectivity index is 2.09. The third-order valence-electron chi connectivity index (χ3n) is 4.71. The molecule has 0 bridgehead atoms. The van der Waals surface area contributed by atoms with Crippen LogP contribution in [0.15, 0.2) is 18.2 Å². The summed E-state index contributed by atoms with van der Waals surface area (Å²) in [6, 6.07) is 5.27. The fourth-order valence-corrected chi connectivity index (χ4v) is 3.81. The second-order valence-corrected chi connectivity index (χ2v) is 7.52. The maximum absolute atomic E-state index is 13.0. The summed E-state index contributed by atoms with van der Waals surface area (Å²) in [5.74, 6) is 0.950. The Morgan fingerprint density at radius 3 is 2.85 bits per heavy atom. The number of rotatable bonds is 8. The van der Waals surface area contributed by atoms with Gasteiger partial charge in [-0.15, -0.1) is 0 Å². The van der Waals surface area contributed by atoms with Crippen molar-refractivity contribution in [1.82, 2.24) is 0 Å². The van der Waals surface area contributed by atoms with Crippen molar-refractivity contribution in [2.45, 2.75) is 58.2 Å². The molecule has 0 spiro atoms. The fraction of sp³-hybridized carbons (Fsp3) is 0.650. The Bertz CT molecular complexity index is 605. The smallest absolute Gasteiger partial charge is 0.256 e. The van der Waals surface area contributed by atoms with Crippen LogP contribution in [-0.2, 0) is 14.3 Å². The molecular weight excluding hydrogens is 354 g/mol. The Labute approximate surface area is 161 Å². The summed E-state index contributed by atoms with van der Waals surface area (Å²) in [7, 11) is 1.63. The van der Waals surface area contributed by atoms with Crippen LogP contribution in [-0.4, -0.2) is 37.9 Å². The van der Waals surface area contributed by atoms with Crippen LogP contribution >= 0.6 is 11.6 Å². The first kappa shape index (κ1) is 21.0. The van der Waals surface area contributed by atoms with Gasteiger partial charge in [0.1, 0.15) is 17.5 Å². The molecule has 0 heterocycles. The molecule has 0 saturated heterocycles. The van der Waals surface area contributed by atoms with Crippen molar-refractivity contribution in [3.8, 4) is 5.75 Å². The fourth-order valence-electron chi connectivity index (χ4n) is 3.59. The first-order chi connectivity index (χ1) is 12.4. The van der Waals surface area contributed by atoms with Gasteiger partial charge in [-0.25, -0.2) is 0 Å². The van der Waals surface area contributed by atoms with Gasteiger partial charge in [-0.05, 0) is 57.2 Å². The van der Waals surface area contributed by atoms with E-state index in [0.717, 1.165) is 25.7 Å². The number of hydrogen-bond donors (Lipinski definition) is 1. The van der Waals surface area contributed by atoms with Crippen molar-refractivity contribution in [2.75, 3.05) is 25.6 Å². The Morgan fingerprint density at radius 1 is 1.46 bits per heavy atom. The maximum atomic E-state index is 13.0. The van der Waals surface area contributed by atoms with Crippen LogP contribution < -0.4 is 10.1 Å². The van der Waals surface area contributed by atoms with E-state index in [2.05, 4.69) is 12.2 Å². The molecule has 0 aromatic heterocycles. The number of ether oxygens (including phenoxy) is 3. The van der Waals surface area contributed by atoms with Gasteiger partial charge in [-0.1, -0.05) is 24.9 Å². The number of carbonyl (C=O) groups excluding carboxylic acids is 1. The van der Waals surface area contributed by atoms with Gasteiger partial charge in [0.2, 0.25) is 0 Å². The van der Waals surface area contributed by atoms with Crippen molar-refractivity contribution in [3.63, 3.8) is 0 Å². The van der Waals surface area contributed by atoms with E-state index in [4.69, 9.17) is 25.8 Å². The van der Waals surface area contributed by atoms with Gasteiger partial charge in [0.05, 0.1) is 11.6 Å². The molecule has 0 aliphatic heterocycles. The normalized spacial score (nSPS) is 24.1. The lowest BCUT2D eigenvalue weighted by Gasteiger charge is -2.38. The van der Waals surface area contributed by atoms with E-state index in [0.29, 0.717) is 35.6 Å². The average Bonchev–Trinajstić information content (AvgIpc) is 2.58. The molecule has 0 radical (unpaired) electrons. The summed E-state index contributed by atoms with van der Waals surface area (Å²) < 4.78 is 16.7. The molecule has 5 nitrogen and oxygen atoms in total. The minimum absolute atomic E-state index is 0.0941. The van der Waals surface area contributed by atoms with Gasteiger partial charge < -0.3 is 19.5 Å². The molecular formula is C20H30ClNO4. The molecule has 1 fully saturated rings. The lowest BCUT2D eigenvalue weighted by atomic mass is 9.78. The molecule has 1 aromatic rings. The zero-order valence-corrected chi connectivity index (χ0v) is 16.9. The summed E-state index contributed by atoms with van der Waals surface area (Å²) in [4.78, 5) is 13.0. The van der Waals surface area contributed by atoms with E-state index in [1.807, 2.05) is 13.8 Å². The van der Waals surface area contributed by atoms with Crippen molar-refractivity contribution >= 4 is 23.2 Å². The highest BCUT2D eigenvalue weighted by Gasteiger charge is 2.42. The number of halogens is 1. The number of carbonyl (C=O) groups is 1. The molecule has 0 unspecified atom stereocenters. The zero-order valence-electron chi connectivity index (χ0n) is 16.1. The lowest BCUT2D eigenvalue weighted by molar-refractivity contribution is -0.147. The van der Waals surface area contributed by atoms with Crippen LogP contribution in [0.3, 0.4) is 0 Å². The minimum atomic E-state index is -0.749. The second-order valence-electron chi connectivity index (χ2n) is 7.11. The highest BCUT2D eigenvalue weighted by molar-refractivity contribution is 6.32. The van der Waals surface area contributed by atoms with Crippen LogP contribution in [0.5, 0.6) is 5.75 Å². The standard InChI is InChI=1S/C20H30ClNO4/c1-5-25-20(10-6-7-14(2)12-20)19(23)22-16-8-9-18(17(21)11-16)26-15(3)13-24-4/h8-9,11,14-15H,5-7,10,12-13H2,1-4H3,(H,22,23)/t14-,15-,20-/m1/s1. The first-order valence-corrected chi connectivity index (χ1v) is 9.68. The largest absolute Gasteiger partial charge is 0.487 e. The Morgan fingerprint density at radius 2 is 2.23 bits per heavy atom. The number of hydrogen-bond acceptors (Lipinski definition) is 4. The number of benzene rings is 1. The molecule has 146 valence electrons. The molecule has 3 atom stereocenters. The van der Waals surface area contributed by atoms with Crippen LogP contribution in [0.1, 0.15) is 46.5 Å². The van der Waals surface area contributed by atoms with Gasteiger partial charge in [0.15, 0.2) is 0 Å². The second kappa shape index (κ2) is 9.58. The molecule has 6 heteroatoms. The van der Waals surface area contributed by atoms with E-state index in [1.54, 1.807) is 25.3 Å². The van der Waals surface area contributed by atoms with E-state index in [-0.39, 0.29) is 12.0 Å². The Kier molecular flexibility index (Phi) is 7.74. The molecule has 26 heavy (non-hydrogen) atoms. The van der Waals surface area contributed by atoms with Crippen LogP contribution in [0.2, 0.25) is 5.02 Å². The van der Waals surface area contributed by atoms with Crippen molar-refractivity contribution in [1.29, 1.82) is 0 Å². The summed E-state index contributed by atoms with van der Waals surface area (Å²) in [5, 5.41) is 3.43. The molecule has 1 aliphatic carbocycles. The highest BCUT2D eigenvalue weighted by Crippen LogP contribution is 2.37. The summed E-state index contributed by atoms with van der Waals surface area (Å²) in [5.41, 5.74) is -0.106. The highest BCUT2D eigenvalue weighted by atomic mass is 35.5. The third-order valence-corrected chi connectivity index (χ3v) is 5.00. The van der Waals surface area contributed by atoms with E-state index in [1.165, 1.54) is 0 Å². The number of anilines is 1. The topological polar surface area (TPSA) is 56.8 Å². The summed E-state index contributed by atoms with van der Waals surface area (Å²) in [6.07, 6.45) is 3.53. The predicted molar refractivity (Wildman–Crippen MR) is 104 cm³/mol. The summed E-state index contributed by atoms with van der Waals surface area (Å²) in [6.45, 7) is 7.00. The van der Waals surface area contributed by atoms with Crippen LogP contribution in [0.25, 0.3) is 0 Å². The lowest BCUT2D eigenvalue weighted by Crippen LogP contribution is -2.48. The molecule has 1 aromatic carbocycles. The zero-order chi connectivity index (χ0) is 19.2. The van der Waals surface area contributed by atoms with Gasteiger partial charge in [-0.2, -0.15) is 0 Å². The van der Waals surface area contributed by atoms with Crippen LogP contribution in [0, 0.1) is 5.92 Å². The summed E-state index contributed by atoms with van der Waals surface area (Å²) >= 11 is 6.31. The van der Waals surface area contributed by atoms with Crippen LogP contribution in [0.4, 0.5) is 5.69 Å². The van der Waals surface area contributed by atoms with Crippen molar-refractivity contribution in [3.05, 3.63) is 23.2 Å². The first-order valence-electron chi connectivity index (χ1n) is 9.30. The van der Waals surface area contributed by atoms with E-state index < -0.39 is 5.60 Å². The predicted octanol–water partition coefficient (Wildman–Crippen LogP) is 4.68. The molecule has 1 aliphatic rings. The van der Waals surface area contributed by atoms with Crippen molar-refractivity contribution in [2.24, 2.45) is 5.92 Å². The quantitative estimate of drug-likeness (QED) is 0.708. The number of methoxy groups -OCH3 is 1. The van der Waals surface area contributed by atoms with Gasteiger partial charge in [-0.3, -0.25) is 4.79 Å². The molecule has 1 N–H and O–H groups in total. The van der Waals surface area contributed by atoms with Gasteiger partial charge >= 0.3 is 0 Å². The Hall–Kier alpha value is -1.30. The molecule has 1 saturated carbocycles. The van der Waals surface area contributed by atoms with E-state index in [9.17, 15) is 4.79 Å². The number of amides is 1. The number of nitrogens with one attached hydrogen (secondary N) is 1. The maximum Gasteiger partial charge on any atom is 0.256 e.